The first-order valence-electron chi connectivity index (χ1n) is 20.1. The largest absolute Gasteiger partial charge is 0.344 e. The van der Waals surface area contributed by atoms with Crippen LogP contribution in [0.5, 0.6) is 0 Å². The first kappa shape index (κ1) is 41.5. The third-order valence-electron chi connectivity index (χ3n) is 11.7. The zero-order valence-electron chi connectivity index (χ0n) is 33.2. The lowest BCUT2D eigenvalue weighted by Crippen LogP contribution is -2.62. The van der Waals surface area contributed by atoms with Crippen molar-refractivity contribution in [3.8, 4) is 0 Å². The average molecular weight is 758 g/mol. The number of Topliss-reactive ketones (excluding diaryl/α,β-unsaturated/α-hetero) is 1. The molecule has 2 heterocycles. The highest BCUT2D eigenvalue weighted by atomic mass is 16.2. The number of aromatic nitrogens is 2. The zero-order chi connectivity index (χ0) is 39.9. The Labute approximate surface area is 325 Å². The molecule has 1 saturated heterocycles. The number of carbonyl (C=O) groups is 6. The Bertz CT molecular complexity index is 1690. The summed E-state index contributed by atoms with van der Waals surface area (Å²) >= 11 is 0. The number of benzene rings is 1. The average Bonchev–Trinajstić information content (AvgIpc) is 3.77. The van der Waals surface area contributed by atoms with Gasteiger partial charge in [-0.3, -0.25) is 33.8 Å². The summed E-state index contributed by atoms with van der Waals surface area (Å²) < 4.78 is 0. The van der Waals surface area contributed by atoms with Crippen LogP contribution in [-0.4, -0.2) is 80.9 Å². The fraction of sp³-hybridized carbons (Fsp3) is 0.619. The smallest absolute Gasteiger partial charge is 0.290 e. The molecule has 3 aliphatic rings. The lowest BCUT2D eigenvalue weighted by molar-refractivity contribution is -0.146. The van der Waals surface area contributed by atoms with Gasteiger partial charge in [0.05, 0.1) is 18.3 Å². The molecule has 1 aliphatic heterocycles. The van der Waals surface area contributed by atoms with Crippen molar-refractivity contribution in [1.29, 1.82) is 0 Å². The van der Waals surface area contributed by atoms with Crippen LogP contribution in [0.1, 0.15) is 126 Å². The van der Waals surface area contributed by atoms with Gasteiger partial charge in [-0.05, 0) is 74.7 Å². The molecule has 13 heteroatoms. The van der Waals surface area contributed by atoms with Crippen molar-refractivity contribution in [2.75, 3.05) is 6.54 Å². The summed E-state index contributed by atoms with van der Waals surface area (Å²) in [5, 5.41) is 11.6. The van der Waals surface area contributed by atoms with E-state index in [4.69, 9.17) is 0 Å². The van der Waals surface area contributed by atoms with E-state index in [1.165, 1.54) is 18.6 Å². The van der Waals surface area contributed by atoms with E-state index in [0.29, 0.717) is 13.0 Å². The highest BCUT2D eigenvalue weighted by Crippen LogP contribution is 2.43. The van der Waals surface area contributed by atoms with Gasteiger partial charge in [0.25, 0.3) is 11.8 Å². The van der Waals surface area contributed by atoms with E-state index in [0.717, 1.165) is 62.5 Å². The summed E-state index contributed by atoms with van der Waals surface area (Å²) in [6.45, 7) is 11.6. The van der Waals surface area contributed by atoms with Crippen LogP contribution in [-0.2, 0) is 24.0 Å². The number of likely N-dealkylation sites (tertiary alicyclic amines) is 1. The number of amides is 5. The van der Waals surface area contributed by atoms with Crippen molar-refractivity contribution >= 4 is 35.3 Å². The molecule has 13 nitrogen and oxygen atoms in total. The second-order valence-corrected chi connectivity index (χ2v) is 16.9. The highest BCUT2D eigenvalue weighted by Gasteiger charge is 2.52. The van der Waals surface area contributed by atoms with Crippen LogP contribution < -0.4 is 21.3 Å². The van der Waals surface area contributed by atoms with Crippen LogP contribution in [0.15, 0.2) is 42.9 Å². The number of nitrogens with zero attached hydrogens (tertiary/aromatic N) is 3. The van der Waals surface area contributed by atoms with E-state index < -0.39 is 65.0 Å². The van der Waals surface area contributed by atoms with Crippen molar-refractivity contribution in [1.82, 2.24) is 36.1 Å². The standard InChI is InChI=1S/C42H59N7O6/c1-7-12-31(35(50)40(54)45-26(3)27-19-17-25(2)18-20-27)46-39(53)34-30-16-11-15-29(30)24-49(34)41(55)36(42(4,5)6)48-38(52)33(28-13-9-8-10-14-28)47-37(51)32-23-43-21-22-44-32/h17-23,26,28-31,33-34,36H,7-16,24H2,1-6H3,(H,45,54)(H,46,53)(H,47,51)(H,48,52)/t26-,29+,30+,31-,33-,34+,36-/m1/s1. The molecule has 4 N–H and O–H groups in total. The third kappa shape index (κ3) is 10.1. The minimum absolute atomic E-state index is 0.0927. The molecular weight excluding hydrogens is 699 g/mol. The van der Waals surface area contributed by atoms with Crippen LogP contribution in [0.2, 0.25) is 0 Å². The molecule has 0 unspecified atom stereocenters. The molecule has 0 radical (unpaired) electrons. The van der Waals surface area contributed by atoms with E-state index in [1.807, 2.05) is 58.9 Å². The van der Waals surface area contributed by atoms with Crippen molar-refractivity contribution < 1.29 is 28.8 Å². The van der Waals surface area contributed by atoms with Gasteiger partial charge >= 0.3 is 0 Å². The molecule has 2 aromatic rings. The predicted molar refractivity (Wildman–Crippen MR) is 207 cm³/mol. The minimum Gasteiger partial charge on any atom is -0.344 e. The third-order valence-corrected chi connectivity index (χ3v) is 11.7. The Hall–Kier alpha value is -4.68. The van der Waals surface area contributed by atoms with Gasteiger partial charge in [-0.25, -0.2) is 4.98 Å². The first-order valence-corrected chi connectivity index (χ1v) is 20.1. The minimum atomic E-state index is -1.06. The normalized spacial score (nSPS) is 22.1. The Morgan fingerprint density at radius 1 is 0.873 bits per heavy atom. The van der Waals surface area contributed by atoms with Crippen LogP contribution in [0.4, 0.5) is 0 Å². The van der Waals surface area contributed by atoms with Gasteiger partial charge in [-0.1, -0.05) is 89.6 Å². The van der Waals surface area contributed by atoms with E-state index in [1.54, 1.807) is 11.8 Å². The van der Waals surface area contributed by atoms with Crippen molar-refractivity contribution in [2.24, 2.45) is 23.2 Å². The number of aryl methyl sites for hydroxylation is 1. The van der Waals surface area contributed by atoms with E-state index in [-0.39, 0.29) is 35.8 Å². The number of hydrogen-bond acceptors (Lipinski definition) is 8. The van der Waals surface area contributed by atoms with E-state index in [2.05, 4.69) is 31.2 Å². The Kier molecular flexibility index (Phi) is 13.8. The molecule has 0 bridgehead atoms. The summed E-state index contributed by atoms with van der Waals surface area (Å²) in [7, 11) is 0. The van der Waals surface area contributed by atoms with Crippen LogP contribution in [0, 0.1) is 30.1 Å². The maximum Gasteiger partial charge on any atom is 0.290 e. The topological polar surface area (TPSA) is 180 Å². The molecule has 1 aromatic heterocycles. The molecule has 5 amide bonds. The summed E-state index contributed by atoms with van der Waals surface area (Å²) in [5.41, 5.74) is 1.27. The van der Waals surface area contributed by atoms with E-state index in [9.17, 15) is 28.8 Å². The fourth-order valence-corrected chi connectivity index (χ4v) is 8.59. The fourth-order valence-electron chi connectivity index (χ4n) is 8.59. The van der Waals surface area contributed by atoms with Gasteiger partial charge in [-0.2, -0.15) is 0 Å². The number of carbonyl (C=O) groups excluding carboxylic acids is 6. The Morgan fingerprint density at radius 2 is 1.58 bits per heavy atom. The quantitative estimate of drug-likeness (QED) is 0.206. The highest BCUT2D eigenvalue weighted by molar-refractivity contribution is 6.38. The molecule has 5 rings (SSSR count). The van der Waals surface area contributed by atoms with Gasteiger partial charge < -0.3 is 26.2 Å². The number of hydrogen-bond donors (Lipinski definition) is 4. The molecule has 1 aromatic carbocycles. The Morgan fingerprint density at radius 3 is 2.22 bits per heavy atom. The van der Waals surface area contributed by atoms with E-state index >= 15 is 0 Å². The lowest BCUT2D eigenvalue weighted by atomic mass is 9.82. The number of ketones is 1. The predicted octanol–water partition coefficient (Wildman–Crippen LogP) is 4.35. The molecule has 2 aliphatic carbocycles. The van der Waals surface area contributed by atoms with Crippen molar-refractivity contribution in [3.63, 3.8) is 0 Å². The monoisotopic (exact) mass is 757 g/mol. The van der Waals surface area contributed by atoms with Crippen LogP contribution in [0.25, 0.3) is 0 Å². The van der Waals surface area contributed by atoms with Crippen molar-refractivity contribution in [3.05, 3.63) is 59.7 Å². The van der Waals surface area contributed by atoms with Crippen LogP contribution >= 0.6 is 0 Å². The molecule has 7 atom stereocenters. The van der Waals surface area contributed by atoms with Gasteiger partial charge in [-0.15, -0.1) is 0 Å². The molecule has 55 heavy (non-hydrogen) atoms. The molecule has 2 saturated carbocycles. The molecular formula is C42H59N7O6. The number of rotatable bonds is 14. The van der Waals surface area contributed by atoms with Crippen molar-refractivity contribution in [2.45, 2.75) is 136 Å². The number of nitrogens with one attached hydrogen (secondary N) is 4. The summed E-state index contributed by atoms with van der Waals surface area (Å²) in [6, 6.07) is 3.42. The maximum absolute atomic E-state index is 14.7. The second-order valence-electron chi connectivity index (χ2n) is 16.9. The summed E-state index contributed by atoms with van der Waals surface area (Å²) in [4.78, 5) is 93.0. The van der Waals surface area contributed by atoms with Gasteiger partial charge in [0, 0.05) is 18.9 Å². The molecule has 3 fully saturated rings. The maximum atomic E-state index is 14.7. The molecule has 298 valence electrons. The number of fused-ring (bicyclic) bond motifs is 1. The first-order chi connectivity index (χ1) is 26.2. The molecule has 0 spiro atoms. The van der Waals surface area contributed by atoms with Crippen LogP contribution in [0.3, 0.4) is 0 Å². The Balaban J connectivity index is 1.34. The SMILES string of the molecule is CCC[C@@H](NC(=O)[C@@H]1[C@H]2CCC[C@H]2CN1C(=O)[C@@H](NC(=O)[C@H](NC(=O)c1cnccn1)C1CCCCC1)C(C)(C)C)C(=O)C(=O)N[C@H](C)c1ccc(C)cc1. The summed E-state index contributed by atoms with van der Waals surface area (Å²) in [5.74, 6) is -3.49. The van der Waals surface area contributed by atoms with Gasteiger partial charge in [0.1, 0.15) is 23.8 Å². The second kappa shape index (κ2) is 18.3. The van der Waals surface area contributed by atoms with Gasteiger partial charge in [0.15, 0.2) is 0 Å². The van der Waals surface area contributed by atoms with Gasteiger partial charge in [0.2, 0.25) is 23.5 Å². The zero-order valence-corrected chi connectivity index (χ0v) is 33.2. The lowest BCUT2D eigenvalue weighted by Gasteiger charge is -2.38. The summed E-state index contributed by atoms with van der Waals surface area (Å²) in [6.07, 6.45) is 12.0.